The molecule has 31 valence electrons. The number of rotatable bonds is 2. The number of thioether (sulfide) groups is 1. The maximum absolute atomic E-state index is 6.58. The van der Waals surface area contributed by atoms with Gasteiger partial charge in [-0.05, 0) is 6.26 Å². The lowest BCUT2D eigenvalue weighted by Crippen LogP contribution is -1.84. The van der Waals surface area contributed by atoms with Gasteiger partial charge in [-0.3, -0.25) is 5.73 Å². The molecule has 0 amide bonds. The molecule has 1 nitrogen and oxygen atoms in total. The molecule has 0 unspecified atom stereocenters. The Bertz CT molecular complexity index is 14.4. The third-order valence-corrected chi connectivity index (χ3v) is 0.919. The van der Waals surface area contributed by atoms with Gasteiger partial charge in [-0.15, -0.1) is 0 Å². The molecular weight excluding hydrogens is 82.1 g/mol. The van der Waals surface area contributed by atoms with Gasteiger partial charge in [0.05, 0.1) is 0 Å². The molecule has 2 heteroatoms. The summed E-state index contributed by atoms with van der Waals surface area (Å²) in [6, 6.07) is 0. The van der Waals surface area contributed by atoms with Crippen molar-refractivity contribution in [3.05, 3.63) is 0 Å². The molecule has 0 aliphatic rings. The summed E-state index contributed by atoms with van der Waals surface area (Å²) in [6.45, 7) is 0.557. The molecule has 0 atom stereocenters. The van der Waals surface area contributed by atoms with E-state index in [4.69, 9.17) is 5.73 Å². The van der Waals surface area contributed by atoms with Crippen LogP contribution >= 0.6 is 11.8 Å². The van der Waals surface area contributed by atoms with Crippen molar-refractivity contribution in [3.63, 3.8) is 0 Å². The third-order valence-electron chi connectivity index (χ3n) is 0.306. The zero-order valence-corrected chi connectivity index (χ0v) is 4.14. The molecular formula is C3H8NS. The number of hydrogen-bond acceptors (Lipinski definition) is 1. The fraction of sp³-hybridized carbons (Fsp3) is 1.00. The van der Waals surface area contributed by atoms with E-state index < -0.39 is 0 Å². The van der Waals surface area contributed by atoms with E-state index in [1.165, 1.54) is 0 Å². The highest BCUT2D eigenvalue weighted by molar-refractivity contribution is 7.98. The summed E-state index contributed by atoms with van der Waals surface area (Å²) in [5.41, 5.74) is 6.58. The van der Waals surface area contributed by atoms with Crippen LogP contribution in [0.15, 0.2) is 0 Å². The second-order valence-corrected chi connectivity index (χ2v) is 1.73. The molecule has 0 rings (SSSR count). The zero-order chi connectivity index (χ0) is 4.12. The van der Waals surface area contributed by atoms with Gasteiger partial charge in [0.1, 0.15) is 0 Å². The SMILES string of the molecule is CSCC[NH]. The first-order valence-corrected chi connectivity index (χ1v) is 2.94. The Morgan fingerprint density at radius 1 is 1.80 bits per heavy atom. The van der Waals surface area contributed by atoms with Crippen molar-refractivity contribution in [1.82, 2.24) is 5.73 Å². The maximum atomic E-state index is 6.58. The van der Waals surface area contributed by atoms with Crippen molar-refractivity contribution in [1.29, 1.82) is 0 Å². The van der Waals surface area contributed by atoms with Crippen LogP contribution in [-0.4, -0.2) is 18.6 Å². The lowest BCUT2D eigenvalue weighted by atomic mass is 10.8. The molecule has 1 radical (unpaired) electrons. The Morgan fingerprint density at radius 2 is 2.40 bits per heavy atom. The largest absolute Gasteiger partial charge is 0.257 e. The highest BCUT2D eigenvalue weighted by Crippen LogP contribution is 1.84. The van der Waals surface area contributed by atoms with Gasteiger partial charge in [0.25, 0.3) is 0 Å². The molecule has 0 bridgehead atoms. The predicted octanol–water partition coefficient (Wildman–Crippen LogP) is 0.632. The van der Waals surface area contributed by atoms with Crippen molar-refractivity contribution >= 4 is 11.8 Å². The van der Waals surface area contributed by atoms with Crippen LogP contribution in [-0.2, 0) is 0 Å². The smallest absolute Gasteiger partial charge is 0.0191 e. The van der Waals surface area contributed by atoms with Crippen molar-refractivity contribution in [3.8, 4) is 0 Å². The average molecular weight is 90.2 g/mol. The molecule has 0 saturated carbocycles. The Morgan fingerprint density at radius 3 is 2.40 bits per heavy atom. The molecule has 0 aliphatic carbocycles. The minimum Gasteiger partial charge on any atom is -0.257 e. The van der Waals surface area contributed by atoms with E-state index in [9.17, 15) is 0 Å². The minimum atomic E-state index is 0.557. The van der Waals surface area contributed by atoms with Gasteiger partial charge in [0.2, 0.25) is 0 Å². The van der Waals surface area contributed by atoms with Gasteiger partial charge in [-0.1, -0.05) is 0 Å². The van der Waals surface area contributed by atoms with Crippen LogP contribution in [0, 0.1) is 0 Å². The van der Waals surface area contributed by atoms with Crippen molar-refractivity contribution in [2.45, 2.75) is 0 Å². The maximum Gasteiger partial charge on any atom is 0.0191 e. The zero-order valence-electron chi connectivity index (χ0n) is 3.32. The average Bonchev–Trinajstić information content (AvgIpc) is 1.41. The molecule has 0 heterocycles. The third kappa shape index (κ3) is 4.31. The van der Waals surface area contributed by atoms with Gasteiger partial charge in [0, 0.05) is 12.3 Å². The first-order valence-electron chi connectivity index (χ1n) is 1.55. The van der Waals surface area contributed by atoms with Crippen molar-refractivity contribution in [2.75, 3.05) is 18.6 Å². The fourth-order valence-electron chi connectivity index (χ4n) is 0.102. The number of nitrogens with one attached hydrogen (secondary N) is 1. The predicted molar refractivity (Wildman–Crippen MR) is 26.3 cm³/mol. The molecule has 0 fully saturated rings. The van der Waals surface area contributed by atoms with Crippen LogP contribution in [0.3, 0.4) is 0 Å². The van der Waals surface area contributed by atoms with Crippen LogP contribution in [0.1, 0.15) is 0 Å². The molecule has 0 spiro atoms. The highest BCUT2D eigenvalue weighted by atomic mass is 32.2. The van der Waals surface area contributed by atoms with Gasteiger partial charge in [0.15, 0.2) is 0 Å². The molecule has 5 heavy (non-hydrogen) atoms. The molecule has 0 aliphatic heterocycles. The second-order valence-electron chi connectivity index (χ2n) is 0.743. The molecule has 0 saturated heterocycles. The Hall–Kier alpha value is 0.310. The summed E-state index contributed by atoms with van der Waals surface area (Å²) in [5.74, 6) is 0.972. The van der Waals surface area contributed by atoms with E-state index in [1.807, 2.05) is 6.26 Å². The molecule has 0 aromatic carbocycles. The Kier molecular flexibility index (Phi) is 4.58. The van der Waals surface area contributed by atoms with E-state index in [2.05, 4.69) is 0 Å². The van der Waals surface area contributed by atoms with Crippen LogP contribution in [0.2, 0.25) is 0 Å². The summed E-state index contributed by atoms with van der Waals surface area (Å²) in [7, 11) is 0. The van der Waals surface area contributed by atoms with Gasteiger partial charge >= 0.3 is 0 Å². The van der Waals surface area contributed by atoms with Crippen LogP contribution in [0.4, 0.5) is 0 Å². The lowest BCUT2D eigenvalue weighted by Gasteiger charge is -1.79. The lowest BCUT2D eigenvalue weighted by molar-refractivity contribution is 1.11. The van der Waals surface area contributed by atoms with Gasteiger partial charge < -0.3 is 0 Å². The van der Waals surface area contributed by atoms with E-state index >= 15 is 0 Å². The van der Waals surface area contributed by atoms with Crippen LogP contribution in [0.25, 0.3) is 0 Å². The monoisotopic (exact) mass is 90.0 g/mol. The number of hydrogen-bond donors (Lipinski definition) is 0. The summed E-state index contributed by atoms with van der Waals surface area (Å²) in [6.07, 6.45) is 2.01. The Balaban J connectivity index is 2.19. The normalized spacial score (nSPS) is 8.40. The quantitative estimate of drug-likeness (QED) is 0.488. The fourth-order valence-corrected chi connectivity index (χ4v) is 0.306. The van der Waals surface area contributed by atoms with E-state index in [-0.39, 0.29) is 0 Å². The summed E-state index contributed by atoms with van der Waals surface area (Å²) in [5, 5.41) is 0. The topological polar surface area (TPSA) is 23.8 Å². The first kappa shape index (κ1) is 5.31. The van der Waals surface area contributed by atoms with Gasteiger partial charge in [-0.25, -0.2) is 0 Å². The van der Waals surface area contributed by atoms with E-state index in [0.29, 0.717) is 6.54 Å². The molecule has 0 aromatic heterocycles. The highest BCUT2D eigenvalue weighted by Gasteiger charge is 1.68. The minimum absolute atomic E-state index is 0.557. The standard InChI is InChI=1S/C3H8NS/c1-5-3-2-4/h4H,2-3H2,1H3. The van der Waals surface area contributed by atoms with Crippen LogP contribution < -0.4 is 5.73 Å². The van der Waals surface area contributed by atoms with Crippen LogP contribution in [0.5, 0.6) is 0 Å². The summed E-state index contributed by atoms with van der Waals surface area (Å²) in [4.78, 5) is 0. The first-order chi connectivity index (χ1) is 2.41. The van der Waals surface area contributed by atoms with E-state index in [1.54, 1.807) is 11.8 Å². The van der Waals surface area contributed by atoms with Gasteiger partial charge in [-0.2, -0.15) is 11.8 Å². The second kappa shape index (κ2) is 4.31. The Labute approximate surface area is 36.9 Å². The van der Waals surface area contributed by atoms with E-state index in [0.717, 1.165) is 5.75 Å². The molecule has 0 aromatic rings. The van der Waals surface area contributed by atoms with Crippen molar-refractivity contribution in [2.24, 2.45) is 0 Å². The summed E-state index contributed by atoms with van der Waals surface area (Å²) < 4.78 is 0. The van der Waals surface area contributed by atoms with Crippen molar-refractivity contribution < 1.29 is 0 Å². The molecule has 1 N–H and O–H groups in total. The summed E-state index contributed by atoms with van der Waals surface area (Å²) >= 11 is 1.71.